The monoisotopic (exact) mass is 1360 g/mol. The van der Waals surface area contributed by atoms with Crippen molar-refractivity contribution in [1.82, 2.24) is 16.0 Å². The lowest BCUT2D eigenvalue weighted by molar-refractivity contribution is 0.103. The SMILES string of the molecule is CCNCCOc1ccc(-c2c(C(=O)c3cc(Cl)ccc3C)sc3cc(O)ccc23)cc1.CCNCCOc1ccc(-c2c(C(=O)c3cc(F)ccc3C)sc3cc(O)ccc23)cc1.CCNCCOc1ccc(-c2c(C(=O)c3ccc(C)cc3C)sc3cc(O)ccc23)cc1. The summed E-state index contributed by atoms with van der Waals surface area (Å²) < 4.78 is 33.8. The van der Waals surface area contributed by atoms with Gasteiger partial charge in [0.25, 0.3) is 0 Å². The summed E-state index contributed by atoms with van der Waals surface area (Å²) in [5.41, 5.74) is 10.6. The lowest BCUT2D eigenvalue weighted by Crippen LogP contribution is -2.20. The van der Waals surface area contributed by atoms with Crippen molar-refractivity contribution in [2.45, 2.75) is 48.5 Å². The smallest absolute Gasteiger partial charge is 0.203 e. The van der Waals surface area contributed by atoms with Crippen LogP contribution >= 0.6 is 45.6 Å². The maximum atomic E-state index is 13.9. The molecule has 96 heavy (non-hydrogen) atoms. The molecular formula is C79H75ClFN3O9S3. The largest absolute Gasteiger partial charge is 0.508 e. The summed E-state index contributed by atoms with van der Waals surface area (Å²) in [7, 11) is 0. The van der Waals surface area contributed by atoms with Crippen LogP contribution in [0, 0.1) is 33.5 Å². The van der Waals surface area contributed by atoms with E-state index in [4.69, 9.17) is 25.8 Å². The third-order valence-electron chi connectivity index (χ3n) is 16.0. The number of ether oxygens (including phenoxy) is 3. The van der Waals surface area contributed by atoms with Crippen molar-refractivity contribution in [2.75, 3.05) is 59.1 Å². The van der Waals surface area contributed by atoms with Gasteiger partial charge in [-0.25, -0.2) is 4.39 Å². The molecule has 0 spiro atoms. The Hall–Kier alpha value is -9.23. The summed E-state index contributed by atoms with van der Waals surface area (Å²) in [5.74, 6) is 2.08. The number of likely N-dealkylation sites (N-methyl/N-ethyl adjacent to an activating group) is 3. The van der Waals surface area contributed by atoms with Gasteiger partial charge in [0.05, 0.1) is 14.6 Å². The fourth-order valence-electron chi connectivity index (χ4n) is 11.1. The molecule has 12 aromatic rings. The number of carbonyl (C=O) groups excluding carboxylic acids is 3. The first-order valence-electron chi connectivity index (χ1n) is 31.7. The van der Waals surface area contributed by atoms with Crippen molar-refractivity contribution in [3.63, 3.8) is 0 Å². The average Bonchev–Trinajstić information content (AvgIpc) is 1.62. The lowest BCUT2D eigenvalue weighted by Gasteiger charge is -2.10. The highest BCUT2D eigenvalue weighted by Gasteiger charge is 2.26. The van der Waals surface area contributed by atoms with Crippen LogP contribution in [-0.4, -0.2) is 91.8 Å². The number of ketones is 3. The van der Waals surface area contributed by atoms with Crippen molar-refractivity contribution < 1.29 is 48.3 Å². The first kappa shape index (κ1) is 69.6. The van der Waals surface area contributed by atoms with E-state index in [1.807, 2.05) is 143 Å². The van der Waals surface area contributed by atoms with Gasteiger partial charge in [0, 0.05) is 88.3 Å². The highest BCUT2D eigenvalue weighted by atomic mass is 35.5. The molecule has 0 amide bonds. The first-order chi connectivity index (χ1) is 46.4. The standard InChI is InChI=1S/C27H27NO3S.C26H24ClNO3S.C26H24FNO3S/c1-4-28-13-14-31-21-9-6-19(7-10-21)25-23-12-8-20(29)16-24(23)32-27(25)26(30)22-11-5-17(2)15-18(22)3;2*1-3-28-12-13-31-20-9-5-17(6-10-20)24-21-11-8-19(29)15-23(21)32-26(24)25(30)22-14-18(27)7-4-16(22)2/h5-12,15-16,28-29H,4,13-14H2,1-3H3;2*4-11,14-15,28-29H,3,12-13H2,1-2H3. The zero-order valence-electron chi connectivity index (χ0n) is 54.5. The number of hydrogen-bond acceptors (Lipinski definition) is 15. The van der Waals surface area contributed by atoms with E-state index in [1.54, 1.807) is 61.5 Å². The number of phenols is 3. The predicted molar refractivity (Wildman–Crippen MR) is 392 cm³/mol. The molecule has 0 atom stereocenters. The van der Waals surface area contributed by atoms with Crippen LogP contribution in [0.3, 0.4) is 0 Å². The summed E-state index contributed by atoms with van der Waals surface area (Å²) in [5, 5.41) is 42.9. The van der Waals surface area contributed by atoms with Gasteiger partial charge in [-0.1, -0.05) is 105 Å². The van der Waals surface area contributed by atoms with Crippen LogP contribution in [0.5, 0.6) is 34.5 Å². The van der Waals surface area contributed by atoms with Gasteiger partial charge in [-0.3, -0.25) is 14.4 Å². The van der Waals surface area contributed by atoms with Crippen LogP contribution < -0.4 is 30.2 Å². The Morgan fingerprint density at radius 3 is 1.12 bits per heavy atom. The Morgan fingerprint density at radius 1 is 0.406 bits per heavy atom. The fourth-order valence-corrected chi connectivity index (χ4v) is 14.9. The van der Waals surface area contributed by atoms with Crippen LogP contribution in [0.15, 0.2) is 182 Å². The summed E-state index contributed by atoms with van der Waals surface area (Å²) in [6, 6.07) is 54.3. The molecule has 0 radical (unpaired) electrons. The number of rotatable bonds is 24. The molecule has 0 saturated heterocycles. The molecule has 0 unspecified atom stereocenters. The number of benzene rings is 9. The molecule has 9 aromatic carbocycles. The molecule has 0 aliphatic carbocycles. The van der Waals surface area contributed by atoms with E-state index < -0.39 is 5.82 Å². The number of fused-ring (bicyclic) bond motifs is 3. The van der Waals surface area contributed by atoms with Gasteiger partial charge < -0.3 is 45.5 Å². The molecule has 0 saturated carbocycles. The normalized spacial score (nSPS) is 11.1. The summed E-state index contributed by atoms with van der Waals surface area (Å²) in [6.45, 7) is 20.7. The van der Waals surface area contributed by atoms with Gasteiger partial charge in [-0.2, -0.15) is 0 Å². The highest BCUT2D eigenvalue weighted by Crippen LogP contribution is 2.45. The van der Waals surface area contributed by atoms with E-state index in [0.29, 0.717) is 61.7 Å². The fraction of sp³-hybridized carbons (Fsp3) is 0.203. The second-order valence-electron chi connectivity index (χ2n) is 22.9. The van der Waals surface area contributed by atoms with Crippen molar-refractivity contribution in [2.24, 2.45) is 0 Å². The Kier molecular flexibility index (Phi) is 23.5. The van der Waals surface area contributed by atoms with E-state index >= 15 is 0 Å². The van der Waals surface area contributed by atoms with E-state index in [-0.39, 0.29) is 34.6 Å². The van der Waals surface area contributed by atoms with Gasteiger partial charge in [0.15, 0.2) is 0 Å². The van der Waals surface area contributed by atoms with E-state index in [0.717, 1.165) is 137 Å². The maximum absolute atomic E-state index is 13.9. The Morgan fingerprint density at radius 2 is 0.760 bits per heavy atom. The second kappa shape index (κ2) is 32.5. The summed E-state index contributed by atoms with van der Waals surface area (Å²) >= 11 is 10.3. The summed E-state index contributed by atoms with van der Waals surface area (Å²) in [6.07, 6.45) is 0. The van der Waals surface area contributed by atoms with Crippen LogP contribution in [0.2, 0.25) is 5.02 Å². The number of thiophene rings is 3. The molecule has 12 rings (SSSR count). The van der Waals surface area contributed by atoms with Crippen molar-refractivity contribution in [3.05, 3.63) is 246 Å². The minimum Gasteiger partial charge on any atom is -0.508 e. The summed E-state index contributed by atoms with van der Waals surface area (Å²) in [4.78, 5) is 42.5. The third-order valence-corrected chi connectivity index (χ3v) is 19.7. The zero-order valence-corrected chi connectivity index (χ0v) is 57.7. The van der Waals surface area contributed by atoms with Gasteiger partial charge in [-0.15, -0.1) is 34.0 Å². The van der Waals surface area contributed by atoms with Crippen LogP contribution in [0.25, 0.3) is 63.6 Å². The molecule has 12 nitrogen and oxygen atoms in total. The van der Waals surface area contributed by atoms with E-state index in [9.17, 15) is 34.1 Å². The zero-order chi connectivity index (χ0) is 68.0. The Balaban J connectivity index is 0.000000157. The molecule has 3 aromatic heterocycles. The van der Waals surface area contributed by atoms with Gasteiger partial charge >= 0.3 is 0 Å². The Labute approximate surface area is 575 Å². The number of nitrogens with one attached hydrogen (secondary N) is 3. The number of aryl methyl sites for hydroxylation is 4. The lowest BCUT2D eigenvalue weighted by atomic mass is 9.95. The molecule has 3 heterocycles. The minimum atomic E-state index is -0.446. The Bertz CT molecular complexity index is 4540. The highest BCUT2D eigenvalue weighted by molar-refractivity contribution is 7.22. The number of aromatic hydroxyl groups is 3. The average molecular weight is 1360 g/mol. The second-order valence-corrected chi connectivity index (χ2v) is 26.5. The van der Waals surface area contributed by atoms with Gasteiger partial charge in [-0.05, 0) is 196 Å². The maximum Gasteiger partial charge on any atom is 0.203 e. The van der Waals surface area contributed by atoms with Crippen LogP contribution in [-0.2, 0) is 0 Å². The number of carbonyl (C=O) groups is 3. The molecule has 17 heteroatoms. The van der Waals surface area contributed by atoms with Crippen LogP contribution in [0.1, 0.15) is 88.7 Å². The van der Waals surface area contributed by atoms with Gasteiger partial charge in [0.2, 0.25) is 17.3 Å². The molecular weight excluding hydrogens is 1290 g/mol. The molecule has 492 valence electrons. The first-order valence-corrected chi connectivity index (χ1v) is 34.6. The molecule has 6 N–H and O–H groups in total. The molecule has 0 fully saturated rings. The predicted octanol–water partition coefficient (Wildman–Crippen LogP) is 18.5. The number of hydrogen-bond donors (Lipinski definition) is 6. The quantitative estimate of drug-likeness (QED) is 0.0250. The number of phenolic OH excluding ortho intramolecular Hbond substituents is 3. The van der Waals surface area contributed by atoms with Crippen molar-refractivity contribution in [1.29, 1.82) is 0 Å². The molecule has 0 aliphatic heterocycles. The third kappa shape index (κ3) is 16.7. The minimum absolute atomic E-state index is 0.00385. The van der Waals surface area contributed by atoms with E-state index in [1.165, 1.54) is 46.1 Å². The van der Waals surface area contributed by atoms with Gasteiger partial charge in [0.1, 0.15) is 60.1 Å². The van der Waals surface area contributed by atoms with Crippen molar-refractivity contribution in [3.8, 4) is 67.9 Å². The van der Waals surface area contributed by atoms with Crippen molar-refractivity contribution >= 4 is 93.2 Å². The van der Waals surface area contributed by atoms with Crippen LogP contribution in [0.4, 0.5) is 4.39 Å². The topological polar surface area (TPSA) is 176 Å². The molecule has 0 bridgehead atoms. The van der Waals surface area contributed by atoms with E-state index in [2.05, 4.69) is 29.8 Å². The number of halogens is 2. The molecule has 0 aliphatic rings.